The highest BCUT2D eigenvalue weighted by Gasteiger charge is 2.38. The summed E-state index contributed by atoms with van der Waals surface area (Å²) in [7, 11) is 0. The van der Waals surface area contributed by atoms with E-state index in [9.17, 15) is 24.0 Å². The van der Waals surface area contributed by atoms with Crippen LogP contribution in [0.3, 0.4) is 0 Å². The van der Waals surface area contributed by atoms with Gasteiger partial charge in [0.1, 0.15) is 12.1 Å². The van der Waals surface area contributed by atoms with Crippen LogP contribution in [0.25, 0.3) is 0 Å². The lowest BCUT2D eigenvalue weighted by molar-refractivity contribution is -0.157. The quantitative estimate of drug-likeness (QED) is 0.385. The van der Waals surface area contributed by atoms with Crippen LogP contribution in [-0.2, 0) is 39.9 Å². The van der Waals surface area contributed by atoms with Crippen LogP contribution in [0.1, 0.15) is 32.8 Å². The standard InChI is InChI=1S/C21H29N3O7/c1-4-30-17(26)12-15(21(29)31-5-2)18(19(22)27)24-20(28)16(23-13(3)25)11-14-9-7-6-8-10-14/h6-10,15-16,18H,4-5,11-12H2,1-3H3,(H2,22,27)(H,23,25)(H,24,28)/t15-,16-,18-/m0/s1. The molecule has 1 aromatic carbocycles. The number of carbonyl (C=O) groups is 5. The van der Waals surface area contributed by atoms with Gasteiger partial charge in [-0.1, -0.05) is 30.3 Å². The number of nitrogens with two attached hydrogens (primary N) is 1. The second-order valence-corrected chi connectivity index (χ2v) is 6.70. The maximum absolute atomic E-state index is 12.9. The molecule has 1 rings (SSSR count). The number of amides is 3. The number of benzene rings is 1. The van der Waals surface area contributed by atoms with Crippen molar-refractivity contribution in [3.63, 3.8) is 0 Å². The minimum absolute atomic E-state index is 0.000110. The van der Waals surface area contributed by atoms with E-state index >= 15 is 0 Å². The van der Waals surface area contributed by atoms with Crippen molar-refractivity contribution >= 4 is 29.7 Å². The molecule has 0 heterocycles. The molecule has 0 bridgehead atoms. The first-order chi connectivity index (χ1) is 14.7. The molecule has 0 fully saturated rings. The third-order valence-corrected chi connectivity index (χ3v) is 4.26. The van der Waals surface area contributed by atoms with E-state index in [1.807, 2.05) is 0 Å². The minimum atomic E-state index is -1.54. The van der Waals surface area contributed by atoms with Gasteiger partial charge in [0, 0.05) is 13.3 Å². The molecule has 1 aromatic rings. The lowest BCUT2D eigenvalue weighted by atomic mass is 9.94. The summed E-state index contributed by atoms with van der Waals surface area (Å²) in [5, 5.41) is 4.91. The van der Waals surface area contributed by atoms with Crippen LogP contribution < -0.4 is 16.4 Å². The zero-order valence-electron chi connectivity index (χ0n) is 17.9. The van der Waals surface area contributed by atoms with Crippen LogP contribution >= 0.6 is 0 Å². The van der Waals surface area contributed by atoms with Crippen LogP contribution in [-0.4, -0.2) is 55.0 Å². The summed E-state index contributed by atoms with van der Waals surface area (Å²) in [4.78, 5) is 60.9. The minimum Gasteiger partial charge on any atom is -0.466 e. The molecule has 10 nitrogen and oxygen atoms in total. The Morgan fingerprint density at radius 1 is 0.968 bits per heavy atom. The second-order valence-electron chi connectivity index (χ2n) is 6.70. The van der Waals surface area contributed by atoms with Crippen LogP contribution in [0.5, 0.6) is 0 Å². The summed E-state index contributed by atoms with van der Waals surface area (Å²) in [5.74, 6) is -5.23. The molecule has 31 heavy (non-hydrogen) atoms. The number of rotatable bonds is 12. The molecular weight excluding hydrogens is 406 g/mol. The van der Waals surface area contributed by atoms with E-state index in [1.54, 1.807) is 44.2 Å². The van der Waals surface area contributed by atoms with Crippen LogP contribution in [0, 0.1) is 5.92 Å². The van der Waals surface area contributed by atoms with Crippen molar-refractivity contribution in [3.05, 3.63) is 35.9 Å². The van der Waals surface area contributed by atoms with Crippen molar-refractivity contribution in [3.8, 4) is 0 Å². The van der Waals surface area contributed by atoms with Crippen molar-refractivity contribution in [2.75, 3.05) is 13.2 Å². The monoisotopic (exact) mass is 435 g/mol. The molecule has 10 heteroatoms. The zero-order chi connectivity index (χ0) is 23.4. The first kappa shape index (κ1) is 25.6. The summed E-state index contributed by atoms with van der Waals surface area (Å²) < 4.78 is 9.79. The Labute approximate surface area is 180 Å². The third-order valence-electron chi connectivity index (χ3n) is 4.26. The molecule has 0 spiro atoms. The van der Waals surface area contributed by atoms with E-state index < -0.39 is 54.1 Å². The Kier molecular flexibility index (Phi) is 10.7. The molecule has 170 valence electrons. The Bertz CT molecular complexity index is 782. The van der Waals surface area contributed by atoms with Gasteiger partial charge in [-0.15, -0.1) is 0 Å². The molecule has 0 saturated heterocycles. The Hall–Kier alpha value is -3.43. The number of primary amides is 1. The average molecular weight is 435 g/mol. The first-order valence-corrected chi connectivity index (χ1v) is 9.92. The summed E-state index contributed by atoms with van der Waals surface area (Å²) in [5.41, 5.74) is 6.19. The van der Waals surface area contributed by atoms with Gasteiger partial charge in [0.15, 0.2) is 0 Å². The Morgan fingerprint density at radius 3 is 2.10 bits per heavy atom. The normalized spacial score (nSPS) is 13.3. The number of hydrogen-bond acceptors (Lipinski definition) is 7. The van der Waals surface area contributed by atoms with Gasteiger partial charge >= 0.3 is 11.9 Å². The molecule has 0 aliphatic rings. The topological polar surface area (TPSA) is 154 Å². The Morgan fingerprint density at radius 2 is 1.58 bits per heavy atom. The highest BCUT2D eigenvalue weighted by atomic mass is 16.5. The van der Waals surface area contributed by atoms with Crippen LogP contribution in [0.4, 0.5) is 0 Å². The fraction of sp³-hybridized carbons (Fsp3) is 0.476. The maximum Gasteiger partial charge on any atom is 0.312 e. The van der Waals surface area contributed by atoms with E-state index in [-0.39, 0.29) is 19.6 Å². The second kappa shape index (κ2) is 13.0. The third kappa shape index (κ3) is 8.85. The number of nitrogens with one attached hydrogen (secondary N) is 2. The number of ether oxygens (including phenoxy) is 2. The number of hydrogen-bond donors (Lipinski definition) is 3. The van der Waals surface area contributed by atoms with E-state index in [0.29, 0.717) is 0 Å². The van der Waals surface area contributed by atoms with Gasteiger partial charge < -0.3 is 25.8 Å². The fourth-order valence-electron chi connectivity index (χ4n) is 2.91. The molecule has 0 aliphatic carbocycles. The van der Waals surface area contributed by atoms with Gasteiger partial charge in [-0.25, -0.2) is 0 Å². The highest BCUT2D eigenvalue weighted by Crippen LogP contribution is 2.14. The van der Waals surface area contributed by atoms with Crippen LogP contribution in [0.2, 0.25) is 0 Å². The van der Waals surface area contributed by atoms with Gasteiger partial charge in [0.2, 0.25) is 17.7 Å². The van der Waals surface area contributed by atoms with Crippen molar-refractivity contribution < 1.29 is 33.4 Å². The van der Waals surface area contributed by atoms with Crippen molar-refractivity contribution in [2.45, 2.75) is 45.7 Å². The lowest BCUT2D eigenvalue weighted by Crippen LogP contribution is -2.57. The smallest absolute Gasteiger partial charge is 0.312 e. The molecular formula is C21H29N3O7. The first-order valence-electron chi connectivity index (χ1n) is 9.92. The summed E-state index contributed by atoms with van der Waals surface area (Å²) >= 11 is 0. The highest BCUT2D eigenvalue weighted by molar-refractivity contribution is 5.95. The molecule has 0 radical (unpaired) electrons. The lowest BCUT2D eigenvalue weighted by Gasteiger charge is -2.26. The average Bonchev–Trinajstić information content (AvgIpc) is 2.70. The zero-order valence-corrected chi connectivity index (χ0v) is 17.9. The maximum atomic E-state index is 12.9. The molecule has 4 N–H and O–H groups in total. The number of esters is 2. The molecule has 0 unspecified atom stereocenters. The summed E-state index contributed by atoms with van der Waals surface area (Å²) in [6.07, 6.45) is -0.371. The van der Waals surface area contributed by atoms with Gasteiger partial charge in [0.05, 0.1) is 25.6 Å². The van der Waals surface area contributed by atoms with Gasteiger partial charge in [-0.3, -0.25) is 24.0 Å². The molecule has 0 aromatic heterocycles. The predicted molar refractivity (Wildman–Crippen MR) is 110 cm³/mol. The molecule has 0 aliphatic heterocycles. The Balaban J connectivity index is 3.11. The van der Waals surface area contributed by atoms with Crippen molar-refractivity contribution in [1.29, 1.82) is 0 Å². The van der Waals surface area contributed by atoms with Crippen LogP contribution in [0.15, 0.2) is 30.3 Å². The largest absolute Gasteiger partial charge is 0.466 e. The van der Waals surface area contributed by atoms with Crippen molar-refractivity contribution in [1.82, 2.24) is 10.6 Å². The van der Waals surface area contributed by atoms with E-state index in [2.05, 4.69) is 10.6 Å². The van der Waals surface area contributed by atoms with Crippen molar-refractivity contribution in [2.24, 2.45) is 11.7 Å². The van der Waals surface area contributed by atoms with Gasteiger partial charge in [-0.05, 0) is 19.4 Å². The summed E-state index contributed by atoms with van der Waals surface area (Å²) in [6.45, 7) is 4.47. The SMILES string of the molecule is CCOC(=O)C[C@H](C(=O)OCC)[C@H](NC(=O)[C@H](Cc1ccccc1)NC(C)=O)C(N)=O. The molecule has 0 saturated carbocycles. The molecule has 3 atom stereocenters. The van der Waals surface area contributed by atoms with E-state index in [1.165, 1.54) is 6.92 Å². The fourth-order valence-corrected chi connectivity index (χ4v) is 2.91. The summed E-state index contributed by atoms with van der Waals surface area (Å²) in [6, 6.07) is 6.33. The van der Waals surface area contributed by atoms with Gasteiger partial charge in [-0.2, -0.15) is 0 Å². The van der Waals surface area contributed by atoms with E-state index in [4.69, 9.17) is 15.2 Å². The van der Waals surface area contributed by atoms with E-state index in [0.717, 1.165) is 5.56 Å². The predicted octanol–water partition coefficient (Wildman–Crippen LogP) is -0.164. The molecule has 3 amide bonds. The number of carbonyl (C=O) groups excluding carboxylic acids is 5. The van der Waals surface area contributed by atoms with Gasteiger partial charge in [0.25, 0.3) is 0 Å².